The van der Waals surface area contributed by atoms with Crippen LogP contribution in [-0.2, 0) is 0 Å². The van der Waals surface area contributed by atoms with Gasteiger partial charge in [0.1, 0.15) is 5.82 Å². The number of nitrogens with zero attached hydrogens (tertiary/aromatic N) is 2. The normalized spacial score (nSPS) is 10.7. The standard InChI is InChI=1S/C13H15BrN2/c1-3-16(4-2)12-9-8-10-6-5-7-11(14)13(10)15-12/h5-9H,3-4H2,1-2H3. The van der Waals surface area contributed by atoms with Crippen LogP contribution in [-0.4, -0.2) is 18.1 Å². The van der Waals surface area contributed by atoms with E-state index < -0.39 is 0 Å². The highest BCUT2D eigenvalue weighted by atomic mass is 79.9. The van der Waals surface area contributed by atoms with Gasteiger partial charge in [-0.15, -0.1) is 0 Å². The summed E-state index contributed by atoms with van der Waals surface area (Å²) >= 11 is 3.54. The van der Waals surface area contributed by atoms with Crippen LogP contribution in [0.4, 0.5) is 5.82 Å². The summed E-state index contributed by atoms with van der Waals surface area (Å²) in [5.41, 5.74) is 1.03. The molecule has 0 saturated carbocycles. The van der Waals surface area contributed by atoms with Crippen molar-refractivity contribution in [2.75, 3.05) is 18.0 Å². The van der Waals surface area contributed by atoms with Crippen molar-refractivity contribution in [3.8, 4) is 0 Å². The Morgan fingerprint density at radius 1 is 1.12 bits per heavy atom. The van der Waals surface area contributed by atoms with E-state index in [1.54, 1.807) is 0 Å². The van der Waals surface area contributed by atoms with E-state index in [0.29, 0.717) is 0 Å². The van der Waals surface area contributed by atoms with Crippen LogP contribution in [0.15, 0.2) is 34.8 Å². The number of pyridine rings is 1. The zero-order valence-electron chi connectivity index (χ0n) is 9.57. The van der Waals surface area contributed by atoms with Crippen molar-refractivity contribution >= 4 is 32.7 Å². The molecule has 0 aliphatic heterocycles. The molecule has 0 saturated heterocycles. The molecule has 0 amide bonds. The Hall–Kier alpha value is -1.09. The molecule has 0 spiro atoms. The van der Waals surface area contributed by atoms with Crippen LogP contribution in [0.3, 0.4) is 0 Å². The third-order valence-corrected chi connectivity index (χ3v) is 3.38. The van der Waals surface area contributed by atoms with Gasteiger partial charge in [0, 0.05) is 22.9 Å². The third-order valence-electron chi connectivity index (χ3n) is 2.74. The molecule has 0 radical (unpaired) electrons. The maximum Gasteiger partial charge on any atom is 0.129 e. The number of aromatic nitrogens is 1. The molecule has 1 aromatic carbocycles. The van der Waals surface area contributed by atoms with Gasteiger partial charge in [0.25, 0.3) is 0 Å². The molecule has 0 N–H and O–H groups in total. The van der Waals surface area contributed by atoms with Crippen LogP contribution in [0.2, 0.25) is 0 Å². The number of rotatable bonds is 3. The molecule has 0 atom stereocenters. The number of anilines is 1. The second-order valence-electron chi connectivity index (χ2n) is 3.65. The summed E-state index contributed by atoms with van der Waals surface area (Å²) in [5.74, 6) is 1.05. The molecule has 3 heteroatoms. The summed E-state index contributed by atoms with van der Waals surface area (Å²) < 4.78 is 1.05. The van der Waals surface area contributed by atoms with Crippen molar-refractivity contribution < 1.29 is 0 Å². The number of hydrogen-bond acceptors (Lipinski definition) is 2. The first-order valence-corrected chi connectivity index (χ1v) is 6.35. The largest absolute Gasteiger partial charge is 0.357 e. The maximum atomic E-state index is 4.70. The van der Waals surface area contributed by atoms with E-state index in [1.165, 1.54) is 5.39 Å². The lowest BCUT2D eigenvalue weighted by atomic mass is 10.2. The van der Waals surface area contributed by atoms with Gasteiger partial charge < -0.3 is 4.90 Å². The SMILES string of the molecule is CCN(CC)c1ccc2cccc(Br)c2n1. The van der Waals surface area contributed by atoms with E-state index in [0.717, 1.165) is 28.9 Å². The summed E-state index contributed by atoms with van der Waals surface area (Å²) in [6.45, 7) is 6.27. The van der Waals surface area contributed by atoms with Crippen LogP contribution in [0, 0.1) is 0 Å². The van der Waals surface area contributed by atoms with E-state index >= 15 is 0 Å². The van der Waals surface area contributed by atoms with Gasteiger partial charge in [0.15, 0.2) is 0 Å². The van der Waals surface area contributed by atoms with E-state index in [4.69, 9.17) is 4.98 Å². The summed E-state index contributed by atoms with van der Waals surface area (Å²) in [7, 11) is 0. The Labute approximate surface area is 104 Å². The first kappa shape index (κ1) is 11.4. The minimum Gasteiger partial charge on any atom is -0.357 e. The van der Waals surface area contributed by atoms with E-state index in [9.17, 15) is 0 Å². The smallest absolute Gasteiger partial charge is 0.129 e. The summed E-state index contributed by atoms with van der Waals surface area (Å²) in [5, 5.41) is 1.17. The number of halogens is 1. The zero-order chi connectivity index (χ0) is 11.5. The molecule has 1 aromatic heterocycles. The number of hydrogen-bond donors (Lipinski definition) is 0. The molecule has 84 valence electrons. The Balaban J connectivity index is 2.54. The molecule has 0 fully saturated rings. The summed E-state index contributed by atoms with van der Waals surface area (Å²) in [6.07, 6.45) is 0. The van der Waals surface area contributed by atoms with Gasteiger partial charge in [-0.25, -0.2) is 4.98 Å². The molecule has 2 nitrogen and oxygen atoms in total. The Bertz CT molecular complexity index is 492. The Kier molecular flexibility index (Phi) is 3.44. The topological polar surface area (TPSA) is 16.1 Å². The molecule has 2 rings (SSSR count). The number of benzene rings is 1. The highest BCUT2D eigenvalue weighted by Gasteiger charge is 2.05. The second-order valence-corrected chi connectivity index (χ2v) is 4.51. The van der Waals surface area contributed by atoms with Crippen LogP contribution in [0.5, 0.6) is 0 Å². The molecule has 0 aliphatic rings. The molecule has 1 heterocycles. The van der Waals surface area contributed by atoms with Gasteiger partial charge in [-0.3, -0.25) is 0 Å². The first-order chi connectivity index (χ1) is 7.76. The van der Waals surface area contributed by atoms with Gasteiger partial charge in [0.05, 0.1) is 5.52 Å². The van der Waals surface area contributed by atoms with Gasteiger partial charge in [0.2, 0.25) is 0 Å². The van der Waals surface area contributed by atoms with Gasteiger partial charge in [-0.1, -0.05) is 12.1 Å². The van der Waals surface area contributed by atoms with Crippen LogP contribution in [0.1, 0.15) is 13.8 Å². The lowest BCUT2D eigenvalue weighted by Gasteiger charge is -2.20. The van der Waals surface area contributed by atoms with Gasteiger partial charge >= 0.3 is 0 Å². The Morgan fingerprint density at radius 3 is 2.56 bits per heavy atom. The minimum absolute atomic E-state index is 0.986. The lowest BCUT2D eigenvalue weighted by Crippen LogP contribution is -2.22. The van der Waals surface area contributed by atoms with Gasteiger partial charge in [-0.2, -0.15) is 0 Å². The fraction of sp³-hybridized carbons (Fsp3) is 0.308. The highest BCUT2D eigenvalue weighted by Crippen LogP contribution is 2.24. The van der Waals surface area contributed by atoms with Crippen LogP contribution < -0.4 is 4.90 Å². The van der Waals surface area contributed by atoms with Crippen LogP contribution >= 0.6 is 15.9 Å². The monoisotopic (exact) mass is 278 g/mol. The summed E-state index contributed by atoms with van der Waals surface area (Å²) in [4.78, 5) is 6.94. The first-order valence-electron chi connectivity index (χ1n) is 5.56. The average Bonchev–Trinajstić information content (AvgIpc) is 2.32. The fourth-order valence-electron chi connectivity index (χ4n) is 1.82. The van der Waals surface area contributed by atoms with E-state index in [-0.39, 0.29) is 0 Å². The van der Waals surface area contributed by atoms with Crippen molar-refractivity contribution in [1.29, 1.82) is 0 Å². The lowest BCUT2D eigenvalue weighted by molar-refractivity contribution is 0.849. The molecule has 16 heavy (non-hydrogen) atoms. The van der Waals surface area contributed by atoms with Crippen molar-refractivity contribution in [2.45, 2.75) is 13.8 Å². The van der Waals surface area contributed by atoms with Crippen molar-refractivity contribution in [1.82, 2.24) is 4.98 Å². The van der Waals surface area contributed by atoms with E-state index in [2.05, 4.69) is 52.9 Å². The predicted molar refractivity (Wildman–Crippen MR) is 73.0 cm³/mol. The van der Waals surface area contributed by atoms with Crippen molar-refractivity contribution in [3.63, 3.8) is 0 Å². The molecule has 0 unspecified atom stereocenters. The second kappa shape index (κ2) is 4.83. The number of para-hydroxylation sites is 1. The maximum absolute atomic E-state index is 4.70. The molecular formula is C13H15BrN2. The van der Waals surface area contributed by atoms with Crippen molar-refractivity contribution in [3.05, 3.63) is 34.8 Å². The number of fused-ring (bicyclic) bond motifs is 1. The average molecular weight is 279 g/mol. The minimum atomic E-state index is 0.986. The van der Waals surface area contributed by atoms with E-state index in [1.807, 2.05) is 12.1 Å². The molecule has 2 aromatic rings. The predicted octanol–water partition coefficient (Wildman–Crippen LogP) is 3.84. The molecule has 0 bridgehead atoms. The third kappa shape index (κ3) is 2.05. The Morgan fingerprint density at radius 2 is 1.88 bits per heavy atom. The molecule has 0 aliphatic carbocycles. The highest BCUT2D eigenvalue weighted by molar-refractivity contribution is 9.10. The quantitative estimate of drug-likeness (QED) is 0.848. The van der Waals surface area contributed by atoms with Crippen molar-refractivity contribution in [2.24, 2.45) is 0 Å². The fourth-order valence-corrected chi connectivity index (χ4v) is 2.29. The van der Waals surface area contributed by atoms with Gasteiger partial charge in [-0.05, 0) is 48.0 Å². The zero-order valence-corrected chi connectivity index (χ0v) is 11.2. The summed E-state index contributed by atoms with van der Waals surface area (Å²) in [6, 6.07) is 10.4. The van der Waals surface area contributed by atoms with Crippen LogP contribution in [0.25, 0.3) is 10.9 Å². The molecular weight excluding hydrogens is 264 g/mol.